The Kier molecular flexibility index (Phi) is 5.90. The number of anilines is 2. The number of amides is 1. The highest BCUT2D eigenvalue weighted by atomic mass is 16.1. The van der Waals surface area contributed by atoms with Crippen LogP contribution in [0.25, 0.3) is 0 Å². The fourth-order valence-electron chi connectivity index (χ4n) is 2.43. The number of nitrogens with one attached hydrogen (secondary N) is 1. The van der Waals surface area contributed by atoms with E-state index in [-0.39, 0.29) is 11.9 Å². The van der Waals surface area contributed by atoms with E-state index in [0.717, 1.165) is 24.3 Å². The lowest BCUT2D eigenvalue weighted by Crippen LogP contribution is -2.33. The number of benzene rings is 1. The topological polar surface area (TPSA) is 58.1 Å². The van der Waals surface area contributed by atoms with Gasteiger partial charge < -0.3 is 10.2 Å². The van der Waals surface area contributed by atoms with Gasteiger partial charge in [-0.15, -0.1) is 0 Å². The van der Waals surface area contributed by atoms with E-state index in [1.807, 2.05) is 44.7 Å². The van der Waals surface area contributed by atoms with Gasteiger partial charge in [0.1, 0.15) is 5.69 Å². The Morgan fingerprint density at radius 1 is 1.21 bits per heavy atom. The quantitative estimate of drug-likeness (QED) is 0.877. The number of nitrogens with zero attached hydrogens (tertiary/aromatic N) is 3. The van der Waals surface area contributed by atoms with E-state index in [4.69, 9.17) is 0 Å². The first kappa shape index (κ1) is 17.9. The van der Waals surface area contributed by atoms with E-state index in [0.29, 0.717) is 11.6 Å². The van der Waals surface area contributed by atoms with Gasteiger partial charge in [-0.2, -0.15) is 0 Å². The molecule has 0 saturated heterocycles. The monoisotopic (exact) mass is 326 g/mol. The molecule has 2 rings (SSSR count). The molecule has 1 atom stereocenters. The predicted octanol–water partition coefficient (Wildman–Crippen LogP) is 3.78. The molecule has 2 aromatic rings. The molecule has 0 bridgehead atoms. The van der Waals surface area contributed by atoms with Crippen molar-refractivity contribution in [1.29, 1.82) is 0 Å². The number of carbonyl (C=O) groups excluding carboxylic acids is 1. The number of hydrogen-bond acceptors (Lipinski definition) is 4. The van der Waals surface area contributed by atoms with Crippen LogP contribution in [0, 0.1) is 13.8 Å². The van der Waals surface area contributed by atoms with Gasteiger partial charge >= 0.3 is 0 Å². The van der Waals surface area contributed by atoms with E-state index in [2.05, 4.69) is 34.3 Å². The van der Waals surface area contributed by atoms with Crippen molar-refractivity contribution in [3.05, 3.63) is 47.3 Å². The molecule has 0 spiro atoms. The van der Waals surface area contributed by atoms with E-state index in [1.54, 1.807) is 6.07 Å². The summed E-state index contributed by atoms with van der Waals surface area (Å²) in [6, 6.07) is 10.0. The van der Waals surface area contributed by atoms with Gasteiger partial charge in [0.25, 0.3) is 5.91 Å². The molecule has 1 unspecified atom stereocenters. The average Bonchev–Trinajstić information content (AvgIpc) is 2.55. The third kappa shape index (κ3) is 4.31. The SMILES string of the molecule is CCC(C)NC(=O)c1cc(C)nc(N(CC)c2cccc(C)c2)n1. The van der Waals surface area contributed by atoms with Crippen molar-refractivity contribution in [2.75, 3.05) is 11.4 Å². The smallest absolute Gasteiger partial charge is 0.270 e. The summed E-state index contributed by atoms with van der Waals surface area (Å²) in [6.07, 6.45) is 0.882. The lowest BCUT2D eigenvalue weighted by molar-refractivity contribution is 0.0934. The average molecular weight is 326 g/mol. The van der Waals surface area contributed by atoms with Crippen molar-refractivity contribution < 1.29 is 4.79 Å². The molecule has 0 fully saturated rings. The minimum absolute atomic E-state index is 0.121. The van der Waals surface area contributed by atoms with Crippen LogP contribution >= 0.6 is 0 Å². The number of rotatable bonds is 6. The summed E-state index contributed by atoms with van der Waals surface area (Å²) in [7, 11) is 0. The van der Waals surface area contributed by atoms with Gasteiger partial charge in [-0.3, -0.25) is 4.79 Å². The second-order valence-electron chi connectivity index (χ2n) is 6.06. The van der Waals surface area contributed by atoms with E-state index in [9.17, 15) is 4.79 Å². The van der Waals surface area contributed by atoms with Crippen LogP contribution in [0.2, 0.25) is 0 Å². The van der Waals surface area contributed by atoms with Gasteiger partial charge in [0, 0.05) is 24.0 Å². The largest absolute Gasteiger partial charge is 0.348 e. The van der Waals surface area contributed by atoms with Crippen molar-refractivity contribution in [2.45, 2.75) is 47.1 Å². The zero-order chi connectivity index (χ0) is 17.7. The summed E-state index contributed by atoms with van der Waals surface area (Å²) in [6.45, 7) is 10.7. The summed E-state index contributed by atoms with van der Waals surface area (Å²) in [4.78, 5) is 23.4. The van der Waals surface area contributed by atoms with Gasteiger partial charge in [-0.1, -0.05) is 19.1 Å². The number of hydrogen-bond donors (Lipinski definition) is 1. The minimum Gasteiger partial charge on any atom is -0.348 e. The Balaban J connectivity index is 2.37. The molecule has 128 valence electrons. The van der Waals surface area contributed by atoms with Gasteiger partial charge in [0.05, 0.1) is 0 Å². The molecule has 0 aliphatic heterocycles. The van der Waals surface area contributed by atoms with E-state index < -0.39 is 0 Å². The maximum absolute atomic E-state index is 12.4. The van der Waals surface area contributed by atoms with Crippen LogP contribution in [0.4, 0.5) is 11.6 Å². The Labute approximate surface area is 144 Å². The third-order valence-corrected chi connectivity index (χ3v) is 3.94. The number of aryl methyl sites for hydroxylation is 2. The first-order valence-electron chi connectivity index (χ1n) is 8.45. The third-order valence-electron chi connectivity index (χ3n) is 3.94. The highest BCUT2D eigenvalue weighted by molar-refractivity contribution is 5.92. The fourth-order valence-corrected chi connectivity index (χ4v) is 2.43. The van der Waals surface area contributed by atoms with Crippen molar-refractivity contribution in [3.8, 4) is 0 Å². The van der Waals surface area contributed by atoms with Gasteiger partial charge in [-0.05, 0) is 57.9 Å². The first-order valence-corrected chi connectivity index (χ1v) is 8.45. The van der Waals surface area contributed by atoms with Crippen LogP contribution in [-0.2, 0) is 0 Å². The van der Waals surface area contributed by atoms with Crippen LogP contribution in [-0.4, -0.2) is 28.5 Å². The van der Waals surface area contributed by atoms with Crippen molar-refractivity contribution in [1.82, 2.24) is 15.3 Å². The van der Waals surface area contributed by atoms with Crippen LogP contribution < -0.4 is 10.2 Å². The lowest BCUT2D eigenvalue weighted by atomic mass is 10.2. The molecule has 1 N–H and O–H groups in total. The second-order valence-corrected chi connectivity index (χ2v) is 6.06. The Hall–Kier alpha value is -2.43. The molecule has 1 amide bonds. The van der Waals surface area contributed by atoms with Crippen LogP contribution in [0.3, 0.4) is 0 Å². The molecule has 1 heterocycles. The number of carbonyl (C=O) groups is 1. The predicted molar refractivity (Wildman–Crippen MR) is 97.8 cm³/mol. The van der Waals surface area contributed by atoms with Gasteiger partial charge in [0.15, 0.2) is 0 Å². The van der Waals surface area contributed by atoms with Crippen molar-refractivity contribution >= 4 is 17.5 Å². The van der Waals surface area contributed by atoms with Crippen LogP contribution in [0.1, 0.15) is 48.9 Å². The molecule has 0 aliphatic carbocycles. The van der Waals surface area contributed by atoms with Gasteiger partial charge in [0.2, 0.25) is 5.95 Å². The van der Waals surface area contributed by atoms with Crippen LogP contribution in [0.15, 0.2) is 30.3 Å². The van der Waals surface area contributed by atoms with E-state index >= 15 is 0 Å². The fraction of sp³-hybridized carbons (Fsp3) is 0.421. The summed E-state index contributed by atoms with van der Waals surface area (Å²) < 4.78 is 0. The first-order chi connectivity index (χ1) is 11.4. The number of aromatic nitrogens is 2. The molecule has 0 saturated carbocycles. The molecule has 0 aliphatic rings. The molecule has 5 nitrogen and oxygen atoms in total. The second kappa shape index (κ2) is 7.90. The molecule has 24 heavy (non-hydrogen) atoms. The standard InChI is InChI=1S/C19H26N4O/c1-6-14(4)20-18(24)17-12-15(5)21-19(22-17)23(7-2)16-10-8-9-13(3)11-16/h8-12,14H,6-7H2,1-5H3,(H,20,24). The maximum atomic E-state index is 12.4. The zero-order valence-corrected chi connectivity index (χ0v) is 15.1. The molecule has 0 radical (unpaired) electrons. The Bertz CT molecular complexity index is 714. The minimum atomic E-state index is -0.156. The molecule has 1 aromatic carbocycles. The highest BCUT2D eigenvalue weighted by Crippen LogP contribution is 2.23. The molecule has 1 aromatic heterocycles. The summed E-state index contributed by atoms with van der Waals surface area (Å²) >= 11 is 0. The molecule has 5 heteroatoms. The zero-order valence-electron chi connectivity index (χ0n) is 15.1. The van der Waals surface area contributed by atoms with Gasteiger partial charge in [-0.25, -0.2) is 9.97 Å². The summed E-state index contributed by atoms with van der Waals surface area (Å²) in [5.41, 5.74) is 3.38. The Morgan fingerprint density at radius 3 is 2.58 bits per heavy atom. The molecular weight excluding hydrogens is 300 g/mol. The summed E-state index contributed by atoms with van der Waals surface area (Å²) in [5, 5.41) is 2.96. The van der Waals surface area contributed by atoms with Crippen LogP contribution in [0.5, 0.6) is 0 Å². The molecular formula is C19H26N4O. The maximum Gasteiger partial charge on any atom is 0.270 e. The normalized spacial score (nSPS) is 11.9. The summed E-state index contributed by atoms with van der Waals surface area (Å²) in [5.74, 6) is 0.397. The Morgan fingerprint density at radius 2 is 1.96 bits per heavy atom. The lowest BCUT2D eigenvalue weighted by Gasteiger charge is -2.22. The highest BCUT2D eigenvalue weighted by Gasteiger charge is 2.16. The van der Waals surface area contributed by atoms with Crippen molar-refractivity contribution in [2.24, 2.45) is 0 Å². The van der Waals surface area contributed by atoms with Crippen molar-refractivity contribution in [3.63, 3.8) is 0 Å². The van der Waals surface area contributed by atoms with E-state index in [1.165, 1.54) is 5.56 Å².